The smallest absolute Gasteiger partial charge is 0.159 e. The Morgan fingerprint density at radius 3 is 2.85 bits per heavy atom. The van der Waals surface area contributed by atoms with E-state index in [0.717, 1.165) is 21.8 Å². The van der Waals surface area contributed by atoms with Crippen molar-refractivity contribution in [2.24, 2.45) is 0 Å². The fraction of sp³-hybridized carbons (Fsp3) is 0.125. The van der Waals surface area contributed by atoms with E-state index in [2.05, 4.69) is 16.4 Å². The van der Waals surface area contributed by atoms with E-state index in [1.54, 1.807) is 18.3 Å². The lowest BCUT2D eigenvalue weighted by molar-refractivity contribution is 0.101. The average Bonchev–Trinajstić information content (AvgIpc) is 2.88. The normalized spacial score (nSPS) is 10.7. The fourth-order valence-electron chi connectivity index (χ4n) is 2.02. The highest BCUT2D eigenvalue weighted by Gasteiger charge is 2.04. The molecule has 3 nitrogen and oxygen atoms in total. The highest BCUT2D eigenvalue weighted by atomic mass is 32.1. The lowest BCUT2D eigenvalue weighted by atomic mass is 10.1. The van der Waals surface area contributed by atoms with Crippen molar-refractivity contribution in [1.29, 1.82) is 0 Å². The van der Waals surface area contributed by atoms with E-state index in [-0.39, 0.29) is 5.78 Å². The number of para-hydroxylation sites is 1. The van der Waals surface area contributed by atoms with Gasteiger partial charge in [0.25, 0.3) is 0 Å². The first kappa shape index (κ1) is 12.8. The monoisotopic (exact) mass is 282 g/mol. The molecule has 3 rings (SSSR count). The van der Waals surface area contributed by atoms with Crippen molar-refractivity contribution in [3.63, 3.8) is 0 Å². The molecular weight excluding hydrogens is 268 g/mol. The molecule has 0 unspecified atom stereocenters. The quantitative estimate of drug-likeness (QED) is 0.732. The molecule has 0 saturated heterocycles. The predicted molar refractivity (Wildman–Crippen MR) is 83.4 cm³/mol. The number of nitrogens with zero attached hydrogens (tertiary/aromatic N) is 1. The molecule has 1 aromatic heterocycles. The van der Waals surface area contributed by atoms with Crippen LogP contribution in [0.4, 0.5) is 5.69 Å². The van der Waals surface area contributed by atoms with Gasteiger partial charge in [-0.3, -0.25) is 4.79 Å². The summed E-state index contributed by atoms with van der Waals surface area (Å²) in [5.41, 5.74) is 2.70. The van der Waals surface area contributed by atoms with Crippen LogP contribution in [0.25, 0.3) is 10.2 Å². The minimum Gasteiger partial charge on any atom is -0.379 e. The van der Waals surface area contributed by atoms with Crippen LogP contribution in [0.3, 0.4) is 0 Å². The van der Waals surface area contributed by atoms with Crippen LogP contribution in [0.2, 0.25) is 0 Å². The summed E-state index contributed by atoms with van der Waals surface area (Å²) in [6, 6.07) is 15.7. The molecule has 1 heterocycles. The van der Waals surface area contributed by atoms with Crippen molar-refractivity contribution in [1.82, 2.24) is 4.98 Å². The number of thiazole rings is 1. The van der Waals surface area contributed by atoms with E-state index in [0.29, 0.717) is 6.54 Å². The van der Waals surface area contributed by atoms with Gasteiger partial charge in [0.05, 0.1) is 16.8 Å². The molecule has 0 spiro atoms. The molecule has 2 aromatic carbocycles. The highest BCUT2D eigenvalue weighted by Crippen LogP contribution is 2.22. The van der Waals surface area contributed by atoms with Gasteiger partial charge in [-0.05, 0) is 31.2 Å². The zero-order valence-electron chi connectivity index (χ0n) is 11.1. The zero-order valence-corrected chi connectivity index (χ0v) is 11.9. The van der Waals surface area contributed by atoms with Crippen LogP contribution in [-0.4, -0.2) is 10.8 Å². The van der Waals surface area contributed by atoms with Gasteiger partial charge in [-0.2, -0.15) is 0 Å². The Balaban J connectivity index is 1.75. The van der Waals surface area contributed by atoms with Crippen LogP contribution in [0.15, 0.2) is 48.5 Å². The van der Waals surface area contributed by atoms with Gasteiger partial charge in [0.2, 0.25) is 0 Å². The number of hydrogen-bond acceptors (Lipinski definition) is 4. The highest BCUT2D eigenvalue weighted by molar-refractivity contribution is 7.18. The molecule has 0 radical (unpaired) electrons. The molecule has 3 aromatic rings. The van der Waals surface area contributed by atoms with Crippen LogP contribution in [0.5, 0.6) is 0 Å². The summed E-state index contributed by atoms with van der Waals surface area (Å²) in [4.78, 5) is 15.9. The molecule has 0 atom stereocenters. The van der Waals surface area contributed by atoms with Crippen LogP contribution < -0.4 is 5.32 Å². The minimum absolute atomic E-state index is 0.0774. The SMILES string of the molecule is CC(=O)c1cccc(NCc2nc3ccccc3s2)c1. The van der Waals surface area contributed by atoms with Gasteiger partial charge in [-0.1, -0.05) is 24.3 Å². The van der Waals surface area contributed by atoms with Crippen LogP contribution >= 0.6 is 11.3 Å². The molecule has 0 aliphatic rings. The Morgan fingerprint density at radius 1 is 1.20 bits per heavy atom. The van der Waals surface area contributed by atoms with Gasteiger partial charge in [-0.15, -0.1) is 11.3 Å². The lowest BCUT2D eigenvalue weighted by Crippen LogP contribution is -2.00. The number of carbonyl (C=O) groups excluding carboxylic acids is 1. The van der Waals surface area contributed by atoms with E-state index < -0.39 is 0 Å². The number of Topliss-reactive ketones (excluding diaryl/α,β-unsaturated/α-hetero) is 1. The van der Waals surface area contributed by atoms with Crippen LogP contribution in [0.1, 0.15) is 22.3 Å². The number of fused-ring (bicyclic) bond motifs is 1. The van der Waals surface area contributed by atoms with E-state index >= 15 is 0 Å². The summed E-state index contributed by atoms with van der Waals surface area (Å²) >= 11 is 1.69. The molecule has 0 aliphatic heterocycles. The summed E-state index contributed by atoms with van der Waals surface area (Å²) in [6.07, 6.45) is 0. The third-order valence-electron chi connectivity index (χ3n) is 3.05. The molecule has 0 amide bonds. The van der Waals surface area contributed by atoms with Crippen molar-refractivity contribution in [3.05, 3.63) is 59.1 Å². The summed E-state index contributed by atoms with van der Waals surface area (Å²) in [7, 11) is 0. The molecule has 20 heavy (non-hydrogen) atoms. The fourth-order valence-corrected chi connectivity index (χ4v) is 2.93. The largest absolute Gasteiger partial charge is 0.379 e. The molecule has 4 heteroatoms. The van der Waals surface area contributed by atoms with E-state index in [4.69, 9.17) is 0 Å². The number of carbonyl (C=O) groups is 1. The van der Waals surface area contributed by atoms with Crippen LogP contribution in [0, 0.1) is 0 Å². The number of ketones is 1. The number of benzene rings is 2. The third-order valence-corrected chi connectivity index (χ3v) is 4.09. The molecule has 0 fully saturated rings. The molecule has 1 N–H and O–H groups in total. The van der Waals surface area contributed by atoms with E-state index in [1.807, 2.05) is 42.5 Å². The third kappa shape index (κ3) is 2.70. The number of nitrogens with one attached hydrogen (secondary N) is 1. The average molecular weight is 282 g/mol. The number of anilines is 1. The van der Waals surface area contributed by atoms with Crippen molar-refractivity contribution >= 4 is 33.0 Å². The van der Waals surface area contributed by atoms with Crippen molar-refractivity contribution in [3.8, 4) is 0 Å². The van der Waals surface area contributed by atoms with Gasteiger partial charge in [0.1, 0.15) is 5.01 Å². The number of aromatic nitrogens is 1. The van der Waals surface area contributed by atoms with E-state index in [9.17, 15) is 4.79 Å². The second-order valence-corrected chi connectivity index (χ2v) is 5.68. The summed E-state index contributed by atoms with van der Waals surface area (Å²) in [5.74, 6) is 0.0774. The second-order valence-electron chi connectivity index (χ2n) is 4.57. The number of rotatable bonds is 4. The molecule has 0 bridgehead atoms. The van der Waals surface area contributed by atoms with Gasteiger partial charge in [0.15, 0.2) is 5.78 Å². The maximum atomic E-state index is 11.4. The molecule has 100 valence electrons. The molecular formula is C16H14N2OS. The summed E-state index contributed by atoms with van der Waals surface area (Å²) in [6.45, 7) is 2.24. The second kappa shape index (κ2) is 5.43. The lowest BCUT2D eigenvalue weighted by Gasteiger charge is -2.05. The standard InChI is InChI=1S/C16H14N2OS/c1-11(19)12-5-4-6-13(9-12)17-10-16-18-14-7-2-3-8-15(14)20-16/h2-9,17H,10H2,1H3. The minimum atomic E-state index is 0.0774. The zero-order chi connectivity index (χ0) is 13.9. The van der Waals surface area contributed by atoms with Gasteiger partial charge in [-0.25, -0.2) is 4.98 Å². The first-order valence-corrected chi connectivity index (χ1v) is 7.23. The Kier molecular flexibility index (Phi) is 3.48. The predicted octanol–water partition coefficient (Wildman–Crippen LogP) is 4.11. The molecule has 0 aliphatic carbocycles. The first-order valence-electron chi connectivity index (χ1n) is 6.42. The van der Waals surface area contributed by atoms with Crippen LogP contribution in [-0.2, 0) is 6.54 Å². The van der Waals surface area contributed by atoms with Crippen molar-refractivity contribution < 1.29 is 4.79 Å². The van der Waals surface area contributed by atoms with Gasteiger partial charge in [0, 0.05) is 11.3 Å². The first-order chi connectivity index (χ1) is 9.72. The Hall–Kier alpha value is -2.20. The summed E-state index contributed by atoms with van der Waals surface area (Å²) < 4.78 is 1.20. The Labute approximate surface area is 121 Å². The summed E-state index contributed by atoms with van der Waals surface area (Å²) in [5, 5.41) is 4.35. The topological polar surface area (TPSA) is 42.0 Å². The van der Waals surface area contributed by atoms with Gasteiger partial charge < -0.3 is 5.32 Å². The van der Waals surface area contributed by atoms with Crippen molar-refractivity contribution in [2.45, 2.75) is 13.5 Å². The molecule has 0 saturated carbocycles. The van der Waals surface area contributed by atoms with Gasteiger partial charge >= 0.3 is 0 Å². The Morgan fingerprint density at radius 2 is 2.05 bits per heavy atom. The van der Waals surface area contributed by atoms with E-state index in [1.165, 1.54) is 4.70 Å². The van der Waals surface area contributed by atoms with Crippen molar-refractivity contribution in [2.75, 3.05) is 5.32 Å². The Bertz CT molecular complexity index is 731. The maximum Gasteiger partial charge on any atom is 0.159 e. The number of hydrogen-bond donors (Lipinski definition) is 1. The maximum absolute atomic E-state index is 11.4.